The number of hydrogen-bond acceptors (Lipinski definition) is 3. The lowest BCUT2D eigenvalue weighted by Gasteiger charge is -2.30. The van der Waals surface area contributed by atoms with Crippen molar-refractivity contribution in [2.45, 2.75) is 12.0 Å². The van der Waals surface area contributed by atoms with Crippen LogP contribution >= 0.6 is 22.6 Å². The molecular weight excluding hydrogens is 361 g/mol. The van der Waals surface area contributed by atoms with E-state index in [9.17, 15) is 0 Å². The normalized spacial score (nSPS) is 21.1. The van der Waals surface area contributed by atoms with Gasteiger partial charge in [0, 0.05) is 8.96 Å². The number of aromatic nitrogens is 2. The molecule has 0 fully saturated rings. The number of rotatable bonds is 3. The molecule has 3 nitrogen and oxygen atoms in total. The fourth-order valence-electron chi connectivity index (χ4n) is 2.28. The van der Waals surface area contributed by atoms with E-state index in [1.807, 2.05) is 30.4 Å². The average molecular weight is 375 g/mol. The van der Waals surface area contributed by atoms with Crippen LogP contribution in [0.5, 0.6) is 0 Å². The fraction of sp³-hybridized carbons (Fsp3) is 0.125. The molecule has 0 bridgehead atoms. The molecule has 1 aromatic carbocycles. The van der Waals surface area contributed by atoms with Crippen molar-refractivity contribution < 1.29 is 0 Å². The van der Waals surface area contributed by atoms with E-state index in [1.165, 1.54) is 3.57 Å². The maximum atomic E-state index is 4.40. The number of hydrogen-bond donors (Lipinski definition) is 1. The molecule has 1 aromatic heterocycles. The van der Waals surface area contributed by atoms with E-state index in [0.29, 0.717) is 0 Å². The molecule has 0 radical (unpaired) electrons. The van der Waals surface area contributed by atoms with Gasteiger partial charge in [0.25, 0.3) is 0 Å². The molecule has 1 aliphatic carbocycles. The van der Waals surface area contributed by atoms with Crippen molar-refractivity contribution in [3.63, 3.8) is 0 Å². The minimum atomic E-state index is -0.280. The molecule has 1 heterocycles. The van der Waals surface area contributed by atoms with E-state index in [2.05, 4.69) is 62.7 Å². The third-order valence-corrected chi connectivity index (χ3v) is 4.08. The average Bonchev–Trinajstić information content (AvgIpc) is 2.49. The zero-order chi connectivity index (χ0) is 14.0. The van der Waals surface area contributed by atoms with Crippen molar-refractivity contribution >= 4 is 39.3 Å². The van der Waals surface area contributed by atoms with Crippen LogP contribution in [0.25, 0.3) is 10.9 Å². The Hall–Kier alpha value is -1.69. The Balaban J connectivity index is 2.06. The van der Waals surface area contributed by atoms with Crippen LogP contribution in [0.15, 0.2) is 61.5 Å². The van der Waals surface area contributed by atoms with Crippen LogP contribution in [-0.4, -0.2) is 15.5 Å². The predicted octanol–water partition coefficient (Wildman–Crippen LogP) is 4.09. The molecule has 2 aromatic rings. The van der Waals surface area contributed by atoms with Crippen LogP contribution < -0.4 is 5.32 Å². The highest BCUT2D eigenvalue weighted by Gasteiger charge is 2.24. The van der Waals surface area contributed by atoms with Gasteiger partial charge in [-0.2, -0.15) is 0 Å². The molecule has 3 rings (SSSR count). The van der Waals surface area contributed by atoms with Crippen LogP contribution in [0.3, 0.4) is 0 Å². The third kappa shape index (κ3) is 2.47. The molecule has 0 saturated carbocycles. The first-order chi connectivity index (χ1) is 9.72. The molecule has 100 valence electrons. The number of benzene rings is 1. The summed E-state index contributed by atoms with van der Waals surface area (Å²) in [5.41, 5.74) is 0.662. The summed E-state index contributed by atoms with van der Waals surface area (Å²) >= 11 is 2.30. The molecule has 0 spiro atoms. The number of allylic oxidation sites excluding steroid dienone is 2. The summed E-state index contributed by atoms with van der Waals surface area (Å²) in [6.45, 7) is 3.96. The molecule has 1 N–H and O–H groups in total. The van der Waals surface area contributed by atoms with E-state index in [0.717, 1.165) is 23.1 Å². The highest BCUT2D eigenvalue weighted by Crippen LogP contribution is 2.28. The fourth-order valence-corrected chi connectivity index (χ4v) is 2.77. The Morgan fingerprint density at radius 1 is 1.30 bits per heavy atom. The molecule has 4 heteroatoms. The second kappa shape index (κ2) is 5.36. The second-order valence-corrected chi connectivity index (χ2v) is 5.99. The first kappa shape index (κ1) is 13.3. The highest BCUT2D eigenvalue weighted by molar-refractivity contribution is 14.1. The van der Waals surface area contributed by atoms with E-state index >= 15 is 0 Å². The monoisotopic (exact) mass is 375 g/mol. The van der Waals surface area contributed by atoms with Crippen molar-refractivity contribution in [2.24, 2.45) is 0 Å². The van der Waals surface area contributed by atoms with Crippen LogP contribution in [0.4, 0.5) is 5.82 Å². The minimum absolute atomic E-state index is 0.280. The van der Waals surface area contributed by atoms with Gasteiger partial charge in [0.05, 0.1) is 11.1 Å². The SMILES string of the molecule is C=CC1(Nc2ncnc3ccc(I)cc23)C=CC=CC1. The summed E-state index contributed by atoms with van der Waals surface area (Å²) in [7, 11) is 0. The number of halogens is 1. The van der Waals surface area contributed by atoms with Crippen molar-refractivity contribution in [2.75, 3.05) is 5.32 Å². The lowest BCUT2D eigenvalue weighted by molar-refractivity contribution is 0.712. The standard InChI is InChI=1S/C16H14IN3/c1-2-16(8-4-3-5-9-16)20-15-13-10-12(17)6-7-14(13)18-11-19-15/h2-8,10-11H,1,9H2,(H,18,19,20). The van der Waals surface area contributed by atoms with Crippen molar-refractivity contribution in [1.82, 2.24) is 9.97 Å². The Bertz CT molecular complexity index is 721. The van der Waals surface area contributed by atoms with Gasteiger partial charge < -0.3 is 5.32 Å². The molecule has 0 aliphatic heterocycles. The summed E-state index contributed by atoms with van der Waals surface area (Å²) in [5, 5.41) is 4.53. The van der Waals surface area contributed by atoms with Crippen LogP contribution in [0, 0.1) is 3.57 Å². The molecule has 1 unspecified atom stereocenters. The van der Waals surface area contributed by atoms with E-state index in [1.54, 1.807) is 6.33 Å². The molecule has 1 atom stereocenters. The lowest BCUT2D eigenvalue weighted by atomic mass is 9.91. The van der Waals surface area contributed by atoms with Crippen LogP contribution in [-0.2, 0) is 0 Å². The van der Waals surface area contributed by atoms with Crippen LogP contribution in [0.1, 0.15) is 6.42 Å². The third-order valence-electron chi connectivity index (χ3n) is 3.41. The van der Waals surface area contributed by atoms with Crippen molar-refractivity contribution in [3.05, 3.63) is 65.1 Å². The van der Waals surface area contributed by atoms with Crippen molar-refractivity contribution in [3.8, 4) is 0 Å². The van der Waals surface area contributed by atoms with Gasteiger partial charge in [-0.25, -0.2) is 9.97 Å². The maximum Gasteiger partial charge on any atom is 0.138 e. The summed E-state index contributed by atoms with van der Waals surface area (Å²) in [6, 6.07) is 6.16. The molecule has 0 saturated heterocycles. The highest BCUT2D eigenvalue weighted by atomic mass is 127. The van der Waals surface area contributed by atoms with Crippen molar-refractivity contribution in [1.29, 1.82) is 0 Å². The van der Waals surface area contributed by atoms with Gasteiger partial charge in [0.2, 0.25) is 0 Å². The van der Waals surface area contributed by atoms with Gasteiger partial charge in [0.1, 0.15) is 12.1 Å². The van der Waals surface area contributed by atoms with E-state index in [4.69, 9.17) is 0 Å². The Kier molecular flexibility index (Phi) is 3.56. The summed E-state index contributed by atoms with van der Waals surface area (Å²) in [6.07, 6.45) is 12.7. The number of anilines is 1. The van der Waals surface area contributed by atoms with Gasteiger partial charge in [-0.05, 0) is 47.2 Å². The van der Waals surface area contributed by atoms with Gasteiger partial charge in [-0.15, -0.1) is 6.58 Å². The first-order valence-corrected chi connectivity index (χ1v) is 7.47. The predicted molar refractivity (Wildman–Crippen MR) is 91.7 cm³/mol. The zero-order valence-electron chi connectivity index (χ0n) is 10.9. The van der Waals surface area contributed by atoms with E-state index in [-0.39, 0.29) is 5.54 Å². The summed E-state index contributed by atoms with van der Waals surface area (Å²) < 4.78 is 1.17. The topological polar surface area (TPSA) is 37.8 Å². The Morgan fingerprint density at radius 2 is 2.20 bits per heavy atom. The Labute approximate surface area is 131 Å². The molecule has 1 aliphatic rings. The smallest absolute Gasteiger partial charge is 0.138 e. The van der Waals surface area contributed by atoms with Gasteiger partial charge in [-0.3, -0.25) is 0 Å². The zero-order valence-corrected chi connectivity index (χ0v) is 13.0. The lowest BCUT2D eigenvalue weighted by Crippen LogP contribution is -2.34. The summed E-state index contributed by atoms with van der Waals surface area (Å²) in [4.78, 5) is 8.72. The largest absolute Gasteiger partial charge is 0.357 e. The quantitative estimate of drug-likeness (QED) is 0.649. The second-order valence-electron chi connectivity index (χ2n) is 4.74. The first-order valence-electron chi connectivity index (χ1n) is 6.39. The number of nitrogens with zero attached hydrogens (tertiary/aromatic N) is 2. The number of nitrogens with one attached hydrogen (secondary N) is 1. The Morgan fingerprint density at radius 3 is 2.95 bits per heavy atom. The summed E-state index contributed by atoms with van der Waals surface area (Å²) in [5.74, 6) is 0.841. The maximum absolute atomic E-state index is 4.40. The van der Waals surface area contributed by atoms with Gasteiger partial charge >= 0.3 is 0 Å². The molecular formula is C16H14IN3. The molecule has 0 amide bonds. The van der Waals surface area contributed by atoms with E-state index < -0.39 is 0 Å². The van der Waals surface area contributed by atoms with Gasteiger partial charge in [-0.1, -0.05) is 30.4 Å². The molecule has 20 heavy (non-hydrogen) atoms. The van der Waals surface area contributed by atoms with Crippen LogP contribution in [0.2, 0.25) is 0 Å². The minimum Gasteiger partial charge on any atom is -0.357 e. The van der Waals surface area contributed by atoms with Gasteiger partial charge in [0.15, 0.2) is 0 Å². The number of fused-ring (bicyclic) bond motifs is 1.